The van der Waals surface area contributed by atoms with Crippen LogP contribution in [0, 0.1) is 0 Å². The van der Waals surface area contributed by atoms with Crippen LogP contribution in [0.1, 0.15) is 25.0 Å². The summed E-state index contributed by atoms with van der Waals surface area (Å²) in [6.07, 6.45) is 5.22. The molecule has 126 valence electrons. The van der Waals surface area contributed by atoms with E-state index in [9.17, 15) is 9.59 Å². The minimum absolute atomic E-state index is 0.0919. The molecule has 0 aliphatic carbocycles. The van der Waals surface area contributed by atoms with Crippen LogP contribution >= 0.6 is 0 Å². The van der Waals surface area contributed by atoms with Crippen molar-refractivity contribution in [2.24, 2.45) is 0 Å². The molecule has 7 heteroatoms. The summed E-state index contributed by atoms with van der Waals surface area (Å²) in [5, 5.41) is 13.8. The number of aryl methyl sites for hydroxylation is 1. The van der Waals surface area contributed by atoms with Crippen LogP contribution in [0.2, 0.25) is 0 Å². The van der Waals surface area contributed by atoms with Gasteiger partial charge in [-0.25, -0.2) is 9.78 Å². The van der Waals surface area contributed by atoms with Crippen molar-refractivity contribution in [2.45, 2.75) is 32.2 Å². The third-order valence-corrected chi connectivity index (χ3v) is 4.01. The van der Waals surface area contributed by atoms with Crippen molar-refractivity contribution in [3.8, 4) is 11.4 Å². The zero-order valence-corrected chi connectivity index (χ0v) is 13.3. The molecule has 1 aromatic carbocycles. The summed E-state index contributed by atoms with van der Waals surface area (Å²) >= 11 is 0. The SMILES string of the molecule is O=C(O)CCNC(=O)Nc1cccc(-c2ncc3n2CCCC3)c1. The van der Waals surface area contributed by atoms with Gasteiger partial charge in [-0.05, 0) is 31.4 Å². The number of hydrogen-bond donors (Lipinski definition) is 3. The number of urea groups is 1. The smallest absolute Gasteiger partial charge is 0.319 e. The zero-order valence-electron chi connectivity index (χ0n) is 13.3. The Morgan fingerprint density at radius 1 is 1.29 bits per heavy atom. The molecule has 1 aromatic heterocycles. The molecule has 1 aliphatic heterocycles. The fourth-order valence-corrected chi connectivity index (χ4v) is 2.86. The summed E-state index contributed by atoms with van der Waals surface area (Å²) < 4.78 is 2.23. The second-order valence-electron chi connectivity index (χ2n) is 5.79. The standard InChI is InChI=1S/C17H20N4O3/c22-15(23)7-8-18-17(24)20-13-5-3-4-12(10-13)16-19-11-14-6-1-2-9-21(14)16/h3-5,10-11H,1-2,6-9H2,(H,22,23)(H2,18,20,24). The molecule has 2 aromatic rings. The lowest BCUT2D eigenvalue weighted by molar-refractivity contribution is -0.136. The monoisotopic (exact) mass is 328 g/mol. The van der Waals surface area contributed by atoms with E-state index >= 15 is 0 Å². The van der Waals surface area contributed by atoms with Crippen LogP contribution in [0.3, 0.4) is 0 Å². The number of nitrogens with zero attached hydrogens (tertiary/aromatic N) is 2. The number of imidazole rings is 1. The summed E-state index contributed by atoms with van der Waals surface area (Å²) in [7, 11) is 0. The second-order valence-corrected chi connectivity index (χ2v) is 5.79. The maximum Gasteiger partial charge on any atom is 0.319 e. The molecule has 1 aliphatic rings. The molecule has 0 atom stereocenters. The van der Waals surface area contributed by atoms with Crippen LogP contribution in [0.15, 0.2) is 30.5 Å². The Balaban J connectivity index is 1.69. The van der Waals surface area contributed by atoms with E-state index in [4.69, 9.17) is 5.11 Å². The van der Waals surface area contributed by atoms with Crippen molar-refractivity contribution >= 4 is 17.7 Å². The van der Waals surface area contributed by atoms with Gasteiger partial charge < -0.3 is 20.3 Å². The predicted octanol–water partition coefficient (Wildman–Crippen LogP) is 2.48. The average molecular weight is 328 g/mol. The van der Waals surface area contributed by atoms with Gasteiger partial charge in [-0.2, -0.15) is 0 Å². The van der Waals surface area contributed by atoms with E-state index in [0.29, 0.717) is 5.69 Å². The third kappa shape index (κ3) is 3.73. The molecule has 3 rings (SSSR count). The number of carbonyl (C=O) groups excluding carboxylic acids is 1. The lowest BCUT2D eigenvalue weighted by Crippen LogP contribution is -2.30. The van der Waals surface area contributed by atoms with Crippen LogP contribution in [0.25, 0.3) is 11.4 Å². The van der Waals surface area contributed by atoms with Gasteiger partial charge in [0.05, 0.1) is 6.42 Å². The van der Waals surface area contributed by atoms with Crippen molar-refractivity contribution in [2.75, 3.05) is 11.9 Å². The first kappa shape index (κ1) is 16.0. The number of rotatable bonds is 5. The van der Waals surface area contributed by atoms with E-state index in [1.54, 1.807) is 6.07 Å². The first-order valence-corrected chi connectivity index (χ1v) is 8.05. The molecular formula is C17H20N4O3. The third-order valence-electron chi connectivity index (χ3n) is 4.01. The van der Waals surface area contributed by atoms with Crippen molar-refractivity contribution in [1.29, 1.82) is 0 Å². The Bertz CT molecular complexity index is 754. The largest absolute Gasteiger partial charge is 0.481 e. The number of benzene rings is 1. The summed E-state index contributed by atoms with van der Waals surface area (Å²) in [6.45, 7) is 1.06. The number of aromatic nitrogens is 2. The molecule has 3 N–H and O–H groups in total. The van der Waals surface area contributed by atoms with Crippen LogP contribution in [-0.4, -0.2) is 33.2 Å². The lowest BCUT2D eigenvalue weighted by atomic mass is 10.1. The number of hydrogen-bond acceptors (Lipinski definition) is 3. The fraction of sp³-hybridized carbons (Fsp3) is 0.353. The summed E-state index contributed by atoms with van der Waals surface area (Å²) in [6, 6.07) is 7.09. The van der Waals surface area contributed by atoms with Crippen LogP contribution in [-0.2, 0) is 17.8 Å². The van der Waals surface area contributed by atoms with Crippen molar-refractivity contribution in [3.05, 3.63) is 36.2 Å². The van der Waals surface area contributed by atoms with E-state index in [0.717, 1.165) is 30.8 Å². The van der Waals surface area contributed by atoms with Gasteiger partial charge in [0.15, 0.2) is 0 Å². The maximum absolute atomic E-state index is 11.8. The van der Waals surface area contributed by atoms with Gasteiger partial charge >= 0.3 is 12.0 Å². The minimum atomic E-state index is -0.943. The molecule has 0 spiro atoms. The lowest BCUT2D eigenvalue weighted by Gasteiger charge is -2.17. The van der Waals surface area contributed by atoms with E-state index in [1.807, 2.05) is 24.4 Å². The minimum Gasteiger partial charge on any atom is -0.481 e. The van der Waals surface area contributed by atoms with Crippen LogP contribution in [0.5, 0.6) is 0 Å². The number of carboxylic acids is 1. The summed E-state index contributed by atoms with van der Waals surface area (Å²) in [4.78, 5) is 26.8. The molecule has 2 amide bonds. The molecule has 0 bridgehead atoms. The van der Waals surface area contributed by atoms with Gasteiger partial charge in [0, 0.05) is 36.2 Å². The van der Waals surface area contributed by atoms with Crippen molar-refractivity contribution in [1.82, 2.24) is 14.9 Å². The van der Waals surface area contributed by atoms with Crippen molar-refractivity contribution < 1.29 is 14.7 Å². The number of anilines is 1. The zero-order chi connectivity index (χ0) is 16.9. The Hall–Kier alpha value is -2.83. The molecule has 0 radical (unpaired) electrons. The topological polar surface area (TPSA) is 96.2 Å². The van der Waals surface area contributed by atoms with E-state index < -0.39 is 12.0 Å². The number of nitrogens with one attached hydrogen (secondary N) is 2. The highest BCUT2D eigenvalue weighted by molar-refractivity contribution is 5.90. The Labute approximate surface area is 139 Å². The van der Waals surface area contributed by atoms with Crippen molar-refractivity contribution in [3.63, 3.8) is 0 Å². The van der Waals surface area contributed by atoms with Gasteiger partial charge in [-0.15, -0.1) is 0 Å². The quantitative estimate of drug-likeness (QED) is 0.785. The highest BCUT2D eigenvalue weighted by atomic mass is 16.4. The molecule has 2 heterocycles. The van der Waals surface area contributed by atoms with E-state index in [-0.39, 0.29) is 13.0 Å². The number of carboxylic acid groups (broad SMARTS) is 1. The highest BCUT2D eigenvalue weighted by Gasteiger charge is 2.15. The molecular weight excluding hydrogens is 308 g/mol. The van der Waals surface area contributed by atoms with Gasteiger partial charge in [0.1, 0.15) is 5.82 Å². The first-order valence-electron chi connectivity index (χ1n) is 8.05. The van der Waals surface area contributed by atoms with Gasteiger partial charge in [-0.1, -0.05) is 12.1 Å². The number of aliphatic carboxylic acids is 1. The van der Waals surface area contributed by atoms with Gasteiger partial charge in [0.2, 0.25) is 0 Å². The normalized spacial score (nSPS) is 13.2. The van der Waals surface area contributed by atoms with Crippen LogP contribution in [0.4, 0.5) is 10.5 Å². The Morgan fingerprint density at radius 3 is 3.00 bits per heavy atom. The molecule has 24 heavy (non-hydrogen) atoms. The number of amides is 2. The molecule has 0 unspecified atom stereocenters. The van der Waals surface area contributed by atoms with Crippen LogP contribution < -0.4 is 10.6 Å². The maximum atomic E-state index is 11.8. The number of carbonyl (C=O) groups is 2. The fourth-order valence-electron chi connectivity index (χ4n) is 2.86. The average Bonchev–Trinajstić information content (AvgIpc) is 2.99. The van der Waals surface area contributed by atoms with Gasteiger partial charge in [-0.3, -0.25) is 4.79 Å². The van der Waals surface area contributed by atoms with E-state index in [2.05, 4.69) is 20.2 Å². The molecule has 0 saturated carbocycles. The highest BCUT2D eigenvalue weighted by Crippen LogP contribution is 2.26. The predicted molar refractivity (Wildman–Crippen MR) is 89.9 cm³/mol. The second kappa shape index (κ2) is 7.16. The molecule has 0 fully saturated rings. The summed E-state index contributed by atoms with van der Waals surface area (Å²) in [5.74, 6) is -0.0268. The first-order chi connectivity index (χ1) is 11.6. The summed E-state index contributed by atoms with van der Waals surface area (Å²) in [5.41, 5.74) is 2.85. The molecule has 7 nitrogen and oxygen atoms in total. The molecule has 0 saturated heterocycles. The Kier molecular flexibility index (Phi) is 4.79. The van der Waals surface area contributed by atoms with Gasteiger partial charge in [0.25, 0.3) is 0 Å². The number of fused-ring (bicyclic) bond motifs is 1. The van der Waals surface area contributed by atoms with E-state index in [1.165, 1.54) is 12.1 Å². The Morgan fingerprint density at radius 2 is 2.17 bits per heavy atom.